The molecule has 124 valence electrons. The molecule has 0 aliphatic carbocycles. The van der Waals surface area contributed by atoms with Crippen LogP contribution in [0.4, 0.5) is 0 Å². The number of nitrogens with zero attached hydrogens (tertiary/aromatic N) is 1. The lowest BCUT2D eigenvalue weighted by molar-refractivity contribution is 0.0984. The number of rotatable bonds is 7. The number of hydrogen-bond donors (Lipinski definition) is 0. The minimum atomic E-state index is 0. The summed E-state index contributed by atoms with van der Waals surface area (Å²) in [5.41, 5.74) is 1.86. The predicted octanol–water partition coefficient (Wildman–Crippen LogP) is 4.26. The summed E-state index contributed by atoms with van der Waals surface area (Å²) in [6.45, 7) is 8.16. The van der Waals surface area contributed by atoms with Gasteiger partial charge in [-0.05, 0) is 57.0 Å². The molecule has 1 aliphatic rings. The first kappa shape index (κ1) is 19.0. The maximum atomic E-state index is 11.9. The molecule has 0 N–H and O–H groups in total. The average molecular weight is 326 g/mol. The maximum Gasteiger partial charge on any atom is 0.166 e. The lowest BCUT2D eigenvalue weighted by Gasteiger charge is -2.26. The van der Waals surface area contributed by atoms with Crippen molar-refractivity contribution in [1.82, 2.24) is 4.90 Å². The summed E-state index contributed by atoms with van der Waals surface area (Å²) in [4.78, 5) is 14.5. The summed E-state index contributed by atoms with van der Waals surface area (Å²) < 4.78 is 5.88. The van der Waals surface area contributed by atoms with Gasteiger partial charge in [-0.3, -0.25) is 4.79 Å². The van der Waals surface area contributed by atoms with Crippen LogP contribution in [0.5, 0.6) is 5.75 Å². The van der Waals surface area contributed by atoms with Gasteiger partial charge in [0, 0.05) is 13.0 Å². The number of piperidine rings is 1. The first-order valence-corrected chi connectivity index (χ1v) is 8.19. The summed E-state index contributed by atoms with van der Waals surface area (Å²) in [7, 11) is 0. The average Bonchev–Trinajstić information content (AvgIpc) is 2.52. The number of halogens is 1. The fourth-order valence-electron chi connectivity index (χ4n) is 2.82. The van der Waals surface area contributed by atoms with Crippen molar-refractivity contribution in [3.63, 3.8) is 0 Å². The lowest BCUT2D eigenvalue weighted by Crippen LogP contribution is -2.31. The molecule has 0 aromatic heterocycles. The van der Waals surface area contributed by atoms with E-state index in [-0.39, 0.29) is 18.2 Å². The van der Waals surface area contributed by atoms with Crippen molar-refractivity contribution >= 4 is 18.2 Å². The SMILES string of the molecule is CCC(=O)c1ccc(C)cc1OCCCN1CCCCC1.Cl. The minimum absolute atomic E-state index is 0. The Morgan fingerprint density at radius 3 is 2.64 bits per heavy atom. The van der Waals surface area contributed by atoms with Gasteiger partial charge in [-0.2, -0.15) is 0 Å². The molecule has 1 saturated heterocycles. The van der Waals surface area contributed by atoms with Crippen LogP contribution in [0.25, 0.3) is 0 Å². The third kappa shape index (κ3) is 5.62. The quantitative estimate of drug-likeness (QED) is 0.554. The molecule has 0 amide bonds. The fraction of sp³-hybridized carbons (Fsp3) is 0.611. The number of benzene rings is 1. The highest BCUT2D eigenvalue weighted by Gasteiger charge is 2.12. The van der Waals surface area contributed by atoms with E-state index in [0.29, 0.717) is 13.0 Å². The Bertz CT molecular complexity index is 470. The molecule has 3 nitrogen and oxygen atoms in total. The second kappa shape index (κ2) is 9.86. The van der Waals surface area contributed by atoms with Gasteiger partial charge in [0.05, 0.1) is 12.2 Å². The van der Waals surface area contributed by atoms with Crippen LogP contribution in [0.2, 0.25) is 0 Å². The molecular weight excluding hydrogens is 298 g/mol. The molecule has 1 aromatic carbocycles. The highest BCUT2D eigenvalue weighted by atomic mass is 35.5. The summed E-state index contributed by atoms with van der Waals surface area (Å²) in [6.07, 6.45) is 5.57. The van der Waals surface area contributed by atoms with Crippen LogP contribution in [0.3, 0.4) is 0 Å². The van der Waals surface area contributed by atoms with Crippen molar-refractivity contribution in [2.75, 3.05) is 26.2 Å². The summed E-state index contributed by atoms with van der Waals surface area (Å²) in [5.74, 6) is 0.904. The Hall–Kier alpha value is -1.06. The molecule has 1 heterocycles. The van der Waals surface area contributed by atoms with Crippen LogP contribution in [0, 0.1) is 6.92 Å². The van der Waals surface area contributed by atoms with Gasteiger partial charge in [-0.15, -0.1) is 12.4 Å². The predicted molar refractivity (Wildman–Crippen MR) is 93.5 cm³/mol. The zero-order chi connectivity index (χ0) is 15.1. The highest BCUT2D eigenvalue weighted by Crippen LogP contribution is 2.22. The molecule has 0 atom stereocenters. The number of likely N-dealkylation sites (tertiary alicyclic amines) is 1. The van der Waals surface area contributed by atoms with E-state index in [2.05, 4.69) is 4.90 Å². The van der Waals surface area contributed by atoms with Gasteiger partial charge in [-0.1, -0.05) is 19.4 Å². The Morgan fingerprint density at radius 2 is 1.95 bits per heavy atom. The number of aryl methyl sites for hydroxylation is 1. The molecule has 1 aliphatic heterocycles. The van der Waals surface area contributed by atoms with Gasteiger partial charge in [0.2, 0.25) is 0 Å². The van der Waals surface area contributed by atoms with Crippen LogP contribution in [0.1, 0.15) is 54.9 Å². The summed E-state index contributed by atoms with van der Waals surface area (Å²) in [6, 6.07) is 5.84. The van der Waals surface area contributed by atoms with Crippen LogP contribution in [0.15, 0.2) is 18.2 Å². The number of ketones is 1. The van der Waals surface area contributed by atoms with Crippen LogP contribution in [-0.2, 0) is 0 Å². The third-order valence-electron chi connectivity index (χ3n) is 4.08. The largest absolute Gasteiger partial charge is 0.493 e. The van der Waals surface area contributed by atoms with Crippen molar-refractivity contribution in [2.45, 2.75) is 46.0 Å². The molecule has 1 aromatic rings. The molecule has 0 bridgehead atoms. The zero-order valence-electron chi connectivity index (χ0n) is 13.8. The number of ether oxygens (including phenoxy) is 1. The number of carbonyl (C=O) groups excluding carboxylic acids is 1. The number of Topliss-reactive ketones (excluding diaryl/α,β-unsaturated/α-hetero) is 1. The van der Waals surface area contributed by atoms with E-state index < -0.39 is 0 Å². The molecule has 22 heavy (non-hydrogen) atoms. The highest BCUT2D eigenvalue weighted by molar-refractivity contribution is 5.98. The number of hydrogen-bond acceptors (Lipinski definition) is 3. The Labute approximate surface area is 140 Å². The van der Waals surface area contributed by atoms with E-state index in [1.807, 2.05) is 32.0 Å². The van der Waals surface area contributed by atoms with Crippen molar-refractivity contribution < 1.29 is 9.53 Å². The van der Waals surface area contributed by atoms with Crippen molar-refractivity contribution in [3.8, 4) is 5.75 Å². The van der Waals surface area contributed by atoms with Crippen LogP contribution >= 0.6 is 12.4 Å². The standard InChI is InChI=1S/C18H27NO2.ClH/c1-3-17(20)16-9-8-15(2)14-18(16)21-13-7-12-19-10-5-4-6-11-19;/h8-9,14H,3-7,10-13H2,1-2H3;1H. The molecule has 1 fully saturated rings. The van der Waals surface area contributed by atoms with E-state index in [9.17, 15) is 4.79 Å². The molecule has 2 rings (SSSR count). The summed E-state index contributed by atoms with van der Waals surface area (Å²) in [5, 5.41) is 0. The van der Waals surface area contributed by atoms with Gasteiger partial charge in [0.1, 0.15) is 5.75 Å². The second-order valence-corrected chi connectivity index (χ2v) is 5.88. The first-order chi connectivity index (χ1) is 10.2. The van der Waals surface area contributed by atoms with Crippen LogP contribution in [-0.4, -0.2) is 36.9 Å². The Balaban J connectivity index is 0.00000242. The smallest absolute Gasteiger partial charge is 0.166 e. The lowest BCUT2D eigenvalue weighted by atomic mass is 10.1. The molecule has 0 spiro atoms. The fourth-order valence-corrected chi connectivity index (χ4v) is 2.82. The second-order valence-electron chi connectivity index (χ2n) is 5.88. The van der Waals surface area contributed by atoms with E-state index in [0.717, 1.165) is 29.8 Å². The van der Waals surface area contributed by atoms with E-state index in [4.69, 9.17) is 4.74 Å². The van der Waals surface area contributed by atoms with Crippen molar-refractivity contribution in [2.24, 2.45) is 0 Å². The van der Waals surface area contributed by atoms with Gasteiger partial charge in [0.25, 0.3) is 0 Å². The van der Waals surface area contributed by atoms with Crippen LogP contribution < -0.4 is 4.74 Å². The summed E-state index contributed by atoms with van der Waals surface area (Å²) >= 11 is 0. The first-order valence-electron chi connectivity index (χ1n) is 8.19. The molecular formula is C18H28ClNO2. The normalized spacial score (nSPS) is 15.2. The zero-order valence-corrected chi connectivity index (χ0v) is 14.6. The van der Waals surface area contributed by atoms with Gasteiger partial charge in [-0.25, -0.2) is 0 Å². The van der Waals surface area contributed by atoms with Gasteiger partial charge >= 0.3 is 0 Å². The number of carbonyl (C=O) groups is 1. The topological polar surface area (TPSA) is 29.5 Å². The van der Waals surface area contributed by atoms with Gasteiger partial charge < -0.3 is 9.64 Å². The Morgan fingerprint density at radius 1 is 1.23 bits per heavy atom. The maximum absolute atomic E-state index is 11.9. The Kier molecular flexibility index (Phi) is 8.51. The monoisotopic (exact) mass is 325 g/mol. The molecule has 4 heteroatoms. The van der Waals surface area contributed by atoms with E-state index in [1.54, 1.807) is 0 Å². The van der Waals surface area contributed by atoms with Crippen molar-refractivity contribution in [1.29, 1.82) is 0 Å². The van der Waals surface area contributed by atoms with Gasteiger partial charge in [0.15, 0.2) is 5.78 Å². The van der Waals surface area contributed by atoms with Crippen molar-refractivity contribution in [3.05, 3.63) is 29.3 Å². The van der Waals surface area contributed by atoms with E-state index >= 15 is 0 Å². The molecule has 0 unspecified atom stereocenters. The minimum Gasteiger partial charge on any atom is -0.493 e. The molecule has 0 saturated carbocycles. The van der Waals surface area contributed by atoms with E-state index in [1.165, 1.54) is 32.4 Å². The molecule has 0 radical (unpaired) electrons. The third-order valence-corrected chi connectivity index (χ3v) is 4.08.